The van der Waals surface area contributed by atoms with Gasteiger partial charge < -0.3 is 9.73 Å². The van der Waals surface area contributed by atoms with Crippen molar-refractivity contribution in [2.45, 2.75) is 45.1 Å². The first kappa shape index (κ1) is 18.6. The van der Waals surface area contributed by atoms with Gasteiger partial charge in [-0.1, -0.05) is 38.1 Å². The number of nitrogens with zero attached hydrogens (tertiary/aromatic N) is 1. The molecule has 3 rings (SSSR count). The van der Waals surface area contributed by atoms with E-state index in [0.717, 1.165) is 5.56 Å². The summed E-state index contributed by atoms with van der Waals surface area (Å²) in [6, 6.07) is 7.89. The van der Waals surface area contributed by atoms with E-state index in [1.807, 2.05) is 12.1 Å². The maximum absolute atomic E-state index is 12.0. The van der Waals surface area contributed by atoms with Crippen LogP contribution in [0.4, 0.5) is 0 Å². The molecule has 0 bridgehead atoms. The van der Waals surface area contributed by atoms with Gasteiger partial charge in [0.05, 0.1) is 17.7 Å². The van der Waals surface area contributed by atoms with Crippen LogP contribution in [0.5, 0.6) is 0 Å². The van der Waals surface area contributed by atoms with Crippen LogP contribution in [0.2, 0.25) is 0 Å². The predicted octanol–water partition coefficient (Wildman–Crippen LogP) is 2.70. The summed E-state index contributed by atoms with van der Waals surface area (Å²) >= 11 is 0. The summed E-state index contributed by atoms with van der Waals surface area (Å²) in [4.78, 5) is 16.2. The molecule has 1 N–H and O–H groups in total. The van der Waals surface area contributed by atoms with Gasteiger partial charge in [0.25, 0.3) is 0 Å². The van der Waals surface area contributed by atoms with Gasteiger partial charge in [-0.15, -0.1) is 0 Å². The molecule has 1 saturated heterocycles. The lowest BCUT2D eigenvalue weighted by Gasteiger charge is -2.09. The number of oxazole rings is 1. The van der Waals surface area contributed by atoms with Crippen molar-refractivity contribution < 1.29 is 17.6 Å². The van der Waals surface area contributed by atoms with E-state index in [2.05, 4.69) is 36.3 Å². The zero-order valence-corrected chi connectivity index (χ0v) is 15.9. The highest BCUT2D eigenvalue weighted by molar-refractivity contribution is 7.91. The fourth-order valence-electron chi connectivity index (χ4n) is 3.02. The Labute approximate surface area is 153 Å². The van der Waals surface area contributed by atoms with Crippen molar-refractivity contribution >= 4 is 15.7 Å². The Bertz CT molecular complexity index is 869. The summed E-state index contributed by atoms with van der Waals surface area (Å²) in [5, 5.41) is 2.77. The van der Waals surface area contributed by atoms with Crippen molar-refractivity contribution in [1.82, 2.24) is 10.3 Å². The van der Waals surface area contributed by atoms with Crippen LogP contribution < -0.4 is 5.32 Å². The zero-order chi connectivity index (χ0) is 18.7. The van der Waals surface area contributed by atoms with Crippen molar-refractivity contribution in [2.75, 3.05) is 11.5 Å². The minimum Gasteiger partial charge on any atom is -0.441 e. The Morgan fingerprint density at radius 1 is 1.31 bits per heavy atom. The predicted molar refractivity (Wildman–Crippen MR) is 99.6 cm³/mol. The molecule has 26 heavy (non-hydrogen) atoms. The average Bonchev–Trinajstić information content (AvgIpc) is 3.19. The van der Waals surface area contributed by atoms with Gasteiger partial charge in [-0.3, -0.25) is 4.79 Å². The maximum Gasteiger partial charge on any atom is 0.220 e. The number of benzene rings is 1. The topological polar surface area (TPSA) is 89.3 Å². The highest BCUT2D eigenvalue weighted by atomic mass is 32.2. The molecule has 140 valence electrons. The lowest BCUT2D eigenvalue weighted by Crippen LogP contribution is -2.35. The zero-order valence-electron chi connectivity index (χ0n) is 15.1. The van der Waals surface area contributed by atoms with Crippen molar-refractivity contribution in [3.8, 4) is 11.3 Å². The molecule has 2 heterocycles. The second kappa shape index (κ2) is 7.61. The van der Waals surface area contributed by atoms with E-state index in [-0.39, 0.29) is 29.9 Å². The largest absolute Gasteiger partial charge is 0.441 e. The molecule has 0 spiro atoms. The molecule has 1 aliphatic heterocycles. The Hall–Kier alpha value is -2.15. The van der Waals surface area contributed by atoms with Crippen molar-refractivity contribution in [1.29, 1.82) is 0 Å². The normalized spacial score (nSPS) is 19.0. The molecule has 1 amide bonds. The second-order valence-electron chi connectivity index (χ2n) is 7.06. The summed E-state index contributed by atoms with van der Waals surface area (Å²) in [5.74, 6) is 1.67. The molecule has 1 atom stereocenters. The maximum atomic E-state index is 12.0. The number of carbonyl (C=O) groups is 1. The molecule has 1 aliphatic rings. The van der Waals surface area contributed by atoms with Gasteiger partial charge in [0.1, 0.15) is 0 Å². The van der Waals surface area contributed by atoms with E-state index in [4.69, 9.17) is 4.42 Å². The van der Waals surface area contributed by atoms with Crippen LogP contribution in [0.3, 0.4) is 0 Å². The number of hydrogen-bond acceptors (Lipinski definition) is 5. The monoisotopic (exact) mass is 376 g/mol. The first-order chi connectivity index (χ1) is 12.3. The number of sulfone groups is 1. The van der Waals surface area contributed by atoms with Crippen LogP contribution in [-0.2, 0) is 21.1 Å². The van der Waals surface area contributed by atoms with E-state index < -0.39 is 9.84 Å². The van der Waals surface area contributed by atoms with Gasteiger partial charge in [0.15, 0.2) is 21.5 Å². The third-order valence-electron chi connectivity index (χ3n) is 4.58. The lowest BCUT2D eigenvalue weighted by atomic mass is 10.0. The molecule has 0 aliphatic carbocycles. The van der Waals surface area contributed by atoms with E-state index in [0.29, 0.717) is 30.4 Å². The standard InChI is InChI=1S/C19H24N2O4S/c1-13(2)14-3-5-15(6-4-14)17-11-20-19(25-17)8-7-18(22)21-16-9-10-26(23,24)12-16/h3-6,11,13,16H,7-10,12H2,1-2H3,(H,21,22). The van der Waals surface area contributed by atoms with Crippen molar-refractivity contribution in [3.05, 3.63) is 41.9 Å². The summed E-state index contributed by atoms with van der Waals surface area (Å²) in [6.45, 7) is 4.29. The number of rotatable bonds is 6. The van der Waals surface area contributed by atoms with Gasteiger partial charge in [-0.05, 0) is 17.9 Å². The Kier molecular flexibility index (Phi) is 5.46. The van der Waals surface area contributed by atoms with Crippen LogP contribution in [-0.4, -0.2) is 36.9 Å². The quantitative estimate of drug-likeness (QED) is 0.837. The smallest absolute Gasteiger partial charge is 0.220 e. The first-order valence-corrected chi connectivity index (χ1v) is 10.7. The Morgan fingerprint density at radius 3 is 2.65 bits per heavy atom. The Morgan fingerprint density at radius 2 is 2.04 bits per heavy atom. The number of amides is 1. The highest BCUT2D eigenvalue weighted by Gasteiger charge is 2.28. The molecule has 1 fully saturated rings. The van der Waals surface area contributed by atoms with Crippen LogP contribution in [0.25, 0.3) is 11.3 Å². The SMILES string of the molecule is CC(C)c1ccc(-c2cnc(CCC(=O)NC3CCS(=O)(=O)C3)o2)cc1. The number of aryl methyl sites for hydroxylation is 1. The van der Waals surface area contributed by atoms with Crippen LogP contribution >= 0.6 is 0 Å². The minimum atomic E-state index is -2.99. The molecule has 1 aromatic heterocycles. The van der Waals surface area contributed by atoms with Crippen molar-refractivity contribution in [2.24, 2.45) is 0 Å². The van der Waals surface area contributed by atoms with Crippen LogP contribution in [0, 0.1) is 0 Å². The van der Waals surface area contributed by atoms with Gasteiger partial charge in [-0.2, -0.15) is 0 Å². The van der Waals surface area contributed by atoms with E-state index in [1.54, 1.807) is 6.20 Å². The number of nitrogens with one attached hydrogen (secondary N) is 1. The fraction of sp³-hybridized carbons (Fsp3) is 0.474. The van der Waals surface area contributed by atoms with E-state index in [1.165, 1.54) is 5.56 Å². The van der Waals surface area contributed by atoms with Crippen LogP contribution in [0.15, 0.2) is 34.9 Å². The van der Waals surface area contributed by atoms with Crippen LogP contribution in [0.1, 0.15) is 44.1 Å². The summed E-state index contributed by atoms with van der Waals surface area (Å²) < 4.78 is 28.6. The second-order valence-corrected chi connectivity index (χ2v) is 9.29. The third kappa shape index (κ3) is 4.72. The molecule has 0 saturated carbocycles. The summed E-state index contributed by atoms with van der Waals surface area (Å²) in [6.07, 6.45) is 2.77. The highest BCUT2D eigenvalue weighted by Crippen LogP contribution is 2.23. The summed E-state index contributed by atoms with van der Waals surface area (Å²) in [7, 11) is -2.99. The number of carbonyl (C=O) groups excluding carboxylic acids is 1. The van der Waals surface area contributed by atoms with E-state index >= 15 is 0 Å². The minimum absolute atomic E-state index is 0.0360. The fourth-order valence-corrected chi connectivity index (χ4v) is 4.69. The van der Waals surface area contributed by atoms with Gasteiger partial charge in [0, 0.05) is 24.4 Å². The third-order valence-corrected chi connectivity index (χ3v) is 6.35. The molecule has 0 radical (unpaired) electrons. The summed E-state index contributed by atoms with van der Waals surface area (Å²) in [5.41, 5.74) is 2.22. The molecule has 1 aromatic carbocycles. The molecule has 6 nitrogen and oxygen atoms in total. The van der Waals surface area contributed by atoms with Gasteiger partial charge >= 0.3 is 0 Å². The Balaban J connectivity index is 1.53. The van der Waals surface area contributed by atoms with E-state index in [9.17, 15) is 13.2 Å². The number of aromatic nitrogens is 1. The molecule has 7 heteroatoms. The van der Waals surface area contributed by atoms with Crippen molar-refractivity contribution in [3.63, 3.8) is 0 Å². The van der Waals surface area contributed by atoms with Gasteiger partial charge in [0.2, 0.25) is 5.91 Å². The van der Waals surface area contributed by atoms with Gasteiger partial charge in [-0.25, -0.2) is 13.4 Å². The molecule has 1 unspecified atom stereocenters. The molecule has 2 aromatic rings. The lowest BCUT2D eigenvalue weighted by molar-refractivity contribution is -0.121. The molecular weight excluding hydrogens is 352 g/mol. The molecular formula is C19H24N2O4S. The average molecular weight is 376 g/mol. The number of hydrogen-bond donors (Lipinski definition) is 1. The first-order valence-electron chi connectivity index (χ1n) is 8.87.